The number of amides is 1. The predicted octanol–water partition coefficient (Wildman–Crippen LogP) is 3.69. The minimum atomic E-state index is -2.55. The van der Waals surface area contributed by atoms with Crippen molar-refractivity contribution in [2.75, 3.05) is 17.7 Å². The van der Waals surface area contributed by atoms with Gasteiger partial charge in [0.05, 0.1) is 5.69 Å². The minimum absolute atomic E-state index is 0.207. The quantitative estimate of drug-likeness (QED) is 0.827. The fourth-order valence-electron chi connectivity index (χ4n) is 1.66. The Labute approximate surface area is 125 Å². The van der Waals surface area contributed by atoms with Gasteiger partial charge in [0.1, 0.15) is 11.5 Å². The summed E-state index contributed by atoms with van der Waals surface area (Å²) in [7, 11) is 1.69. The number of nitrogens with one attached hydrogen (secondary N) is 2. The molecule has 1 amide bonds. The largest absolute Gasteiger partial charge is 0.373 e. The Morgan fingerprint density at radius 3 is 2.67 bits per heavy atom. The number of aromatic nitrogens is 1. The molecule has 1 aromatic carbocycles. The van der Waals surface area contributed by atoms with Gasteiger partial charge >= 0.3 is 0 Å². The number of anilines is 2. The monoisotopic (exact) mass is 309 g/mol. The van der Waals surface area contributed by atoms with E-state index in [2.05, 4.69) is 15.6 Å². The first-order valence-electron chi connectivity index (χ1n) is 6.10. The van der Waals surface area contributed by atoms with Gasteiger partial charge in [0, 0.05) is 11.9 Å². The van der Waals surface area contributed by atoms with Crippen LogP contribution in [0.4, 0.5) is 20.3 Å². The number of pyridine rings is 1. The number of hydrogen-bond acceptors (Lipinski definition) is 4. The molecule has 0 fully saturated rings. The van der Waals surface area contributed by atoms with Gasteiger partial charge in [-0.3, -0.25) is 4.79 Å². The van der Waals surface area contributed by atoms with E-state index in [1.807, 2.05) is 0 Å². The third-order valence-electron chi connectivity index (χ3n) is 2.59. The molecule has 0 bridgehead atoms. The summed E-state index contributed by atoms with van der Waals surface area (Å²) in [6, 6.07) is 11.4. The van der Waals surface area contributed by atoms with Crippen molar-refractivity contribution in [1.29, 1.82) is 0 Å². The zero-order chi connectivity index (χ0) is 15.2. The summed E-state index contributed by atoms with van der Waals surface area (Å²) in [5.41, 5.74) is 0.545. The number of benzene rings is 1. The van der Waals surface area contributed by atoms with E-state index >= 15 is 0 Å². The summed E-state index contributed by atoms with van der Waals surface area (Å²) in [4.78, 5) is 16.5. The highest BCUT2D eigenvalue weighted by Crippen LogP contribution is 2.31. The smallest absolute Gasteiger partial charge is 0.288 e. The molecule has 0 saturated carbocycles. The van der Waals surface area contributed by atoms with Crippen LogP contribution in [-0.2, 0) is 0 Å². The molecule has 2 N–H and O–H groups in total. The van der Waals surface area contributed by atoms with Crippen molar-refractivity contribution in [1.82, 2.24) is 4.98 Å². The highest BCUT2D eigenvalue weighted by molar-refractivity contribution is 7.99. The first kappa shape index (κ1) is 15.2. The zero-order valence-electron chi connectivity index (χ0n) is 11.1. The van der Waals surface area contributed by atoms with E-state index in [-0.39, 0.29) is 5.69 Å². The molecule has 110 valence electrons. The van der Waals surface area contributed by atoms with Crippen LogP contribution in [-0.4, -0.2) is 23.7 Å². The Morgan fingerprint density at radius 1 is 1.19 bits per heavy atom. The Balaban J connectivity index is 2.19. The lowest BCUT2D eigenvalue weighted by molar-refractivity contribution is 0.102. The number of hydrogen-bond donors (Lipinski definition) is 2. The molecule has 4 nitrogen and oxygen atoms in total. The Kier molecular flexibility index (Phi) is 5.10. The van der Waals surface area contributed by atoms with Crippen molar-refractivity contribution in [3.8, 4) is 0 Å². The van der Waals surface area contributed by atoms with Crippen molar-refractivity contribution in [3.05, 3.63) is 48.2 Å². The molecule has 1 aromatic heterocycles. The second kappa shape index (κ2) is 7.03. The normalized spacial score (nSPS) is 10.5. The highest BCUT2D eigenvalue weighted by Gasteiger charge is 2.13. The predicted molar refractivity (Wildman–Crippen MR) is 80.0 cm³/mol. The maximum Gasteiger partial charge on any atom is 0.288 e. The summed E-state index contributed by atoms with van der Waals surface area (Å²) in [6.07, 6.45) is 0. The number of para-hydroxylation sites is 1. The molecule has 0 radical (unpaired) electrons. The van der Waals surface area contributed by atoms with E-state index in [9.17, 15) is 13.6 Å². The highest BCUT2D eigenvalue weighted by atomic mass is 32.2. The summed E-state index contributed by atoms with van der Waals surface area (Å²) < 4.78 is 25.0. The van der Waals surface area contributed by atoms with Crippen LogP contribution in [0.1, 0.15) is 10.5 Å². The molecule has 7 heteroatoms. The maximum absolute atomic E-state index is 12.5. The van der Waals surface area contributed by atoms with Crippen LogP contribution < -0.4 is 10.6 Å². The molecule has 21 heavy (non-hydrogen) atoms. The minimum Gasteiger partial charge on any atom is -0.373 e. The number of carbonyl (C=O) groups is 1. The second-order valence-electron chi connectivity index (χ2n) is 3.99. The summed E-state index contributed by atoms with van der Waals surface area (Å²) in [6.45, 7) is 0. The number of nitrogens with zero attached hydrogens (tertiary/aromatic N) is 1. The molecule has 1 heterocycles. The maximum atomic E-state index is 12.5. The standard InChI is InChI=1S/C14H13F2N3OS/c1-17-12-8-4-6-10(18-12)13(20)19-9-5-2-3-7-11(9)21-14(15)16/h2-8,14H,1H3,(H,17,18)(H,19,20). The van der Waals surface area contributed by atoms with Crippen molar-refractivity contribution in [2.45, 2.75) is 10.7 Å². The molecule has 0 aliphatic carbocycles. The third-order valence-corrected chi connectivity index (χ3v) is 3.38. The van der Waals surface area contributed by atoms with Crippen LogP contribution in [0.5, 0.6) is 0 Å². The van der Waals surface area contributed by atoms with E-state index in [4.69, 9.17) is 0 Å². The SMILES string of the molecule is CNc1cccc(C(=O)Nc2ccccc2SC(F)F)n1. The lowest BCUT2D eigenvalue weighted by Crippen LogP contribution is -2.14. The number of halogens is 2. The topological polar surface area (TPSA) is 54.0 Å². The van der Waals surface area contributed by atoms with Crippen molar-refractivity contribution < 1.29 is 13.6 Å². The lowest BCUT2D eigenvalue weighted by atomic mass is 10.3. The molecular weight excluding hydrogens is 296 g/mol. The van der Waals surface area contributed by atoms with Gasteiger partial charge in [0.25, 0.3) is 11.7 Å². The van der Waals surface area contributed by atoms with E-state index in [1.54, 1.807) is 43.4 Å². The Hall–Kier alpha value is -2.15. The fraction of sp³-hybridized carbons (Fsp3) is 0.143. The van der Waals surface area contributed by atoms with Crippen LogP contribution in [0.25, 0.3) is 0 Å². The third kappa shape index (κ3) is 4.16. The van der Waals surface area contributed by atoms with Crippen molar-refractivity contribution in [2.24, 2.45) is 0 Å². The van der Waals surface area contributed by atoms with Crippen molar-refractivity contribution >= 4 is 29.2 Å². The van der Waals surface area contributed by atoms with Gasteiger partial charge in [-0.2, -0.15) is 8.78 Å². The van der Waals surface area contributed by atoms with Gasteiger partial charge in [-0.05, 0) is 24.3 Å². The number of rotatable bonds is 5. The van der Waals surface area contributed by atoms with E-state index in [0.29, 0.717) is 28.2 Å². The summed E-state index contributed by atoms with van der Waals surface area (Å²) in [5, 5.41) is 5.43. The number of carbonyl (C=O) groups excluding carboxylic acids is 1. The molecule has 0 saturated heterocycles. The molecule has 0 unspecified atom stereocenters. The molecule has 0 atom stereocenters. The average molecular weight is 309 g/mol. The van der Waals surface area contributed by atoms with E-state index < -0.39 is 11.7 Å². The van der Waals surface area contributed by atoms with Gasteiger partial charge in [0.2, 0.25) is 0 Å². The molecule has 0 aliphatic heterocycles. The summed E-state index contributed by atoms with van der Waals surface area (Å²) in [5.74, 6) is -2.44. The first-order valence-corrected chi connectivity index (χ1v) is 6.98. The van der Waals surface area contributed by atoms with Crippen LogP contribution in [0.15, 0.2) is 47.4 Å². The van der Waals surface area contributed by atoms with Gasteiger partial charge in [0.15, 0.2) is 0 Å². The Bertz CT molecular complexity index is 637. The van der Waals surface area contributed by atoms with Gasteiger partial charge in [-0.25, -0.2) is 4.98 Å². The molecular formula is C14H13F2N3OS. The second-order valence-corrected chi connectivity index (χ2v) is 5.02. The van der Waals surface area contributed by atoms with Gasteiger partial charge < -0.3 is 10.6 Å². The molecule has 0 aliphatic rings. The molecule has 2 rings (SSSR count). The summed E-state index contributed by atoms with van der Waals surface area (Å²) >= 11 is 0.389. The molecule has 2 aromatic rings. The average Bonchev–Trinajstić information content (AvgIpc) is 2.48. The van der Waals surface area contributed by atoms with Crippen LogP contribution in [0, 0.1) is 0 Å². The van der Waals surface area contributed by atoms with Crippen molar-refractivity contribution in [3.63, 3.8) is 0 Å². The Morgan fingerprint density at radius 2 is 1.95 bits per heavy atom. The van der Waals surface area contributed by atoms with Gasteiger partial charge in [-0.15, -0.1) is 0 Å². The first-order chi connectivity index (χ1) is 10.1. The van der Waals surface area contributed by atoms with Gasteiger partial charge in [-0.1, -0.05) is 30.0 Å². The zero-order valence-corrected chi connectivity index (χ0v) is 12.0. The number of alkyl halides is 2. The van der Waals surface area contributed by atoms with Crippen LogP contribution >= 0.6 is 11.8 Å². The van der Waals surface area contributed by atoms with E-state index in [0.717, 1.165) is 0 Å². The molecule has 0 spiro atoms. The lowest BCUT2D eigenvalue weighted by Gasteiger charge is -2.10. The van der Waals surface area contributed by atoms with E-state index in [1.165, 1.54) is 6.07 Å². The number of thioether (sulfide) groups is 1. The van der Waals surface area contributed by atoms with Crippen LogP contribution in [0.3, 0.4) is 0 Å². The van der Waals surface area contributed by atoms with Crippen LogP contribution in [0.2, 0.25) is 0 Å². The fourth-order valence-corrected chi connectivity index (χ4v) is 2.25.